The van der Waals surface area contributed by atoms with Crippen LogP contribution in [0.2, 0.25) is 0 Å². The summed E-state index contributed by atoms with van der Waals surface area (Å²) < 4.78 is 0. The van der Waals surface area contributed by atoms with Gasteiger partial charge in [0.1, 0.15) is 0 Å². The van der Waals surface area contributed by atoms with Crippen molar-refractivity contribution in [3.63, 3.8) is 0 Å². The molecule has 1 aromatic rings. The molecule has 130 valence electrons. The fraction of sp³-hybridized carbons (Fsp3) is 0.762. The molecule has 2 nitrogen and oxygen atoms in total. The first-order valence-electron chi connectivity index (χ1n) is 10.0. The fourth-order valence-corrected chi connectivity index (χ4v) is 7.89. The molecule has 5 aliphatic carbocycles. The largest absolute Gasteiger partial charge is 0.348 e. The summed E-state index contributed by atoms with van der Waals surface area (Å²) in [6, 6.07) is 2.51. The van der Waals surface area contributed by atoms with Gasteiger partial charge in [0.15, 0.2) is 0 Å². The van der Waals surface area contributed by atoms with E-state index in [0.717, 1.165) is 22.6 Å². The topological polar surface area (TPSA) is 29.1 Å². The number of hydrogen-bond acceptors (Lipinski definition) is 2. The quantitative estimate of drug-likeness (QED) is 0.825. The smallest absolute Gasteiger partial charge is 0.261 e. The van der Waals surface area contributed by atoms with Gasteiger partial charge in [0, 0.05) is 10.9 Å². The van der Waals surface area contributed by atoms with Crippen molar-refractivity contribution in [1.82, 2.24) is 5.32 Å². The van der Waals surface area contributed by atoms with Gasteiger partial charge < -0.3 is 5.32 Å². The van der Waals surface area contributed by atoms with Gasteiger partial charge in [-0.15, -0.1) is 11.3 Å². The van der Waals surface area contributed by atoms with Crippen molar-refractivity contribution in [3.05, 3.63) is 21.4 Å². The van der Waals surface area contributed by atoms with Crippen molar-refractivity contribution in [2.75, 3.05) is 0 Å². The zero-order chi connectivity index (χ0) is 16.3. The second-order valence-electron chi connectivity index (χ2n) is 9.24. The summed E-state index contributed by atoms with van der Waals surface area (Å²) in [6.07, 6.45) is 13.4. The van der Waals surface area contributed by atoms with Crippen LogP contribution < -0.4 is 5.32 Å². The second kappa shape index (κ2) is 5.59. The molecule has 0 spiro atoms. The van der Waals surface area contributed by atoms with E-state index in [-0.39, 0.29) is 5.91 Å². The molecule has 3 heteroatoms. The van der Waals surface area contributed by atoms with Crippen LogP contribution in [0.25, 0.3) is 0 Å². The molecule has 1 heterocycles. The number of fused-ring (bicyclic) bond motifs is 1. The third kappa shape index (κ3) is 2.46. The van der Waals surface area contributed by atoms with Crippen LogP contribution in [-0.2, 0) is 12.8 Å². The summed E-state index contributed by atoms with van der Waals surface area (Å²) in [4.78, 5) is 15.3. The monoisotopic (exact) mass is 343 g/mol. The highest BCUT2D eigenvalue weighted by atomic mass is 32.1. The highest BCUT2D eigenvalue weighted by Gasteiger charge is 2.53. The number of aryl methyl sites for hydroxylation is 2. The Morgan fingerprint density at radius 3 is 2.38 bits per heavy atom. The van der Waals surface area contributed by atoms with Crippen molar-refractivity contribution in [2.45, 2.75) is 77.2 Å². The van der Waals surface area contributed by atoms with E-state index in [4.69, 9.17) is 0 Å². The Hall–Kier alpha value is -0.830. The standard InChI is InChI=1S/C21H29NOS/c1-13(21-10-14-6-15(11-21)8-16(7-14)12-21)22-20(23)19-9-17-4-2-3-5-18(17)24-19/h9,13-16H,2-8,10-12H2,1H3,(H,22,23)/t13-,14?,15?,16?,21?/m1/s1. The Kier molecular flexibility index (Phi) is 3.59. The lowest BCUT2D eigenvalue weighted by Gasteiger charge is -2.59. The Morgan fingerprint density at radius 2 is 1.75 bits per heavy atom. The van der Waals surface area contributed by atoms with E-state index in [1.807, 2.05) is 0 Å². The summed E-state index contributed by atoms with van der Waals surface area (Å²) in [5.74, 6) is 3.04. The number of carbonyl (C=O) groups excluding carboxylic acids is 1. The minimum atomic E-state index is 0.192. The van der Waals surface area contributed by atoms with Crippen LogP contribution in [0.3, 0.4) is 0 Å². The average Bonchev–Trinajstić information content (AvgIpc) is 2.97. The van der Waals surface area contributed by atoms with Gasteiger partial charge in [-0.05, 0) is 106 Å². The summed E-state index contributed by atoms with van der Waals surface area (Å²) in [7, 11) is 0. The van der Waals surface area contributed by atoms with Gasteiger partial charge >= 0.3 is 0 Å². The summed E-state index contributed by atoms with van der Waals surface area (Å²) in [6.45, 7) is 2.29. The van der Waals surface area contributed by atoms with Crippen LogP contribution in [0.4, 0.5) is 0 Å². The molecule has 6 rings (SSSR count). The number of thiophene rings is 1. The molecule has 4 saturated carbocycles. The van der Waals surface area contributed by atoms with Gasteiger partial charge in [-0.1, -0.05) is 0 Å². The van der Waals surface area contributed by atoms with Crippen molar-refractivity contribution in [1.29, 1.82) is 0 Å². The lowest BCUT2D eigenvalue weighted by Crippen LogP contribution is -2.55. The van der Waals surface area contributed by atoms with Crippen molar-refractivity contribution >= 4 is 17.2 Å². The molecular weight excluding hydrogens is 314 g/mol. The Balaban J connectivity index is 1.32. The maximum Gasteiger partial charge on any atom is 0.261 e. The number of amides is 1. The van der Waals surface area contributed by atoms with E-state index < -0.39 is 0 Å². The van der Waals surface area contributed by atoms with E-state index in [1.54, 1.807) is 11.3 Å². The lowest BCUT2D eigenvalue weighted by atomic mass is 9.48. The van der Waals surface area contributed by atoms with Crippen LogP contribution >= 0.6 is 11.3 Å². The molecule has 4 fully saturated rings. The zero-order valence-corrected chi connectivity index (χ0v) is 15.6. The molecule has 1 aromatic heterocycles. The van der Waals surface area contributed by atoms with Gasteiger partial charge in [-0.2, -0.15) is 0 Å². The predicted molar refractivity (Wildman–Crippen MR) is 98.5 cm³/mol. The summed E-state index contributed by atoms with van der Waals surface area (Å²) in [5, 5.41) is 3.43. The number of carbonyl (C=O) groups is 1. The normalized spacial score (nSPS) is 38.0. The van der Waals surface area contributed by atoms with E-state index in [2.05, 4.69) is 18.3 Å². The third-order valence-corrected chi connectivity index (χ3v) is 8.81. The van der Waals surface area contributed by atoms with Crippen LogP contribution in [-0.4, -0.2) is 11.9 Å². The molecule has 0 unspecified atom stereocenters. The molecule has 24 heavy (non-hydrogen) atoms. The summed E-state index contributed by atoms with van der Waals surface area (Å²) in [5.41, 5.74) is 1.85. The first-order chi connectivity index (χ1) is 11.6. The molecule has 1 amide bonds. The highest BCUT2D eigenvalue weighted by molar-refractivity contribution is 7.14. The van der Waals surface area contributed by atoms with Crippen LogP contribution in [0.5, 0.6) is 0 Å². The average molecular weight is 344 g/mol. The minimum absolute atomic E-state index is 0.192. The van der Waals surface area contributed by atoms with Crippen molar-refractivity contribution in [2.24, 2.45) is 23.2 Å². The number of nitrogens with one attached hydrogen (secondary N) is 1. The van der Waals surface area contributed by atoms with Gasteiger partial charge in [0.2, 0.25) is 0 Å². The van der Waals surface area contributed by atoms with Gasteiger partial charge in [-0.3, -0.25) is 4.79 Å². The number of hydrogen-bond donors (Lipinski definition) is 1. The third-order valence-electron chi connectivity index (χ3n) is 7.57. The first kappa shape index (κ1) is 15.4. The van der Waals surface area contributed by atoms with Crippen LogP contribution in [0, 0.1) is 23.2 Å². The molecule has 5 aliphatic rings. The molecule has 0 saturated heterocycles. The molecular formula is C21H29NOS. The van der Waals surface area contributed by atoms with E-state index in [9.17, 15) is 4.79 Å². The van der Waals surface area contributed by atoms with Gasteiger partial charge in [0.25, 0.3) is 5.91 Å². The SMILES string of the molecule is C[C@@H](NC(=O)c1cc2c(s1)CCCC2)C12CC3CC(CC(C3)C1)C2. The molecule has 0 aliphatic heterocycles. The van der Waals surface area contributed by atoms with E-state index in [1.165, 1.54) is 74.6 Å². The number of rotatable bonds is 3. The molecule has 1 atom stereocenters. The van der Waals surface area contributed by atoms with Crippen molar-refractivity contribution in [3.8, 4) is 0 Å². The van der Waals surface area contributed by atoms with Crippen molar-refractivity contribution < 1.29 is 4.79 Å². The molecule has 1 N–H and O–H groups in total. The Morgan fingerprint density at radius 1 is 1.12 bits per heavy atom. The maximum absolute atomic E-state index is 12.9. The maximum atomic E-state index is 12.9. The Bertz CT molecular complexity index is 602. The lowest BCUT2D eigenvalue weighted by molar-refractivity contribution is -0.0687. The van der Waals surface area contributed by atoms with Crippen LogP contribution in [0.15, 0.2) is 6.07 Å². The van der Waals surface area contributed by atoms with Gasteiger partial charge in [-0.25, -0.2) is 0 Å². The van der Waals surface area contributed by atoms with Gasteiger partial charge in [0.05, 0.1) is 4.88 Å². The zero-order valence-electron chi connectivity index (χ0n) is 14.8. The molecule has 0 aromatic carbocycles. The predicted octanol–water partition coefficient (Wildman–Crippen LogP) is 4.96. The van der Waals surface area contributed by atoms with E-state index >= 15 is 0 Å². The van der Waals surface area contributed by atoms with Crippen LogP contribution in [0.1, 0.15) is 78.4 Å². The summed E-state index contributed by atoms with van der Waals surface area (Å²) >= 11 is 1.75. The minimum Gasteiger partial charge on any atom is -0.348 e. The Labute approximate surface area is 149 Å². The molecule has 4 bridgehead atoms. The molecule has 0 radical (unpaired) electrons. The first-order valence-corrected chi connectivity index (χ1v) is 10.9. The van der Waals surface area contributed by atoms with E-state index in [0.29, 0.717) is 11.5 Å². The highest BCUT2D eigenvalue weighted by Crippen LogP contribution is 2.61. The fourth-order valence-electron chi connectivity index (χ4n) is 6.73. The second-order valence-corrected chi connectivity index (χ2v) is 10.4.